The number of hydrogen-bond acceptors (Lipinski definition) is 4. The molecule has 4 aliphatic carbocycles. The molecule has 0 amide bonds. The summed E-state index contributed by atoms with van der Waals surface area (Å²) >= 11 is 4.42. The Bertz CT molecular complexity index is 1010. The van der Waals surface area contributed by atoms with Gasteiger partial charge < -0.3 is 4.90 Å². The average molecular weight is 510 g/mol. The predicted octanol–water partition coefficient (Wildman–Crippen LogP) is 7.79. The highest BCUT2D eigenvalue weighted by Gasteiger charge is 2.60. The minimum Gasteiger partial charge on any atom is -0.372 e. The van der Waals surface area contributed by atoms with Gasteiger partial charge in [0.25, 0.3) is 0 Å². The minimum absolute atomic E-state index is 0.0482. The number of ketones is 1. The molecule has 7 unspecified atom stereocenters. The fourth-order valence-corrected chi connectivity index (χ4v) is 12.1. The predicted molar refractivity (Wildman–Crippen MR) is 152 cm³/mol. The normalized spacial score (nSPS) is 39.8. The molecule has 1 saturated heterocycles. The summed E-state index contributed by atoms with van der Waals surface area (Å²) in [4.78, 5) is 15.6. The molecule has 4 heteroatoms. The molecule has 1 aromatic rings. The van der Waals surface area contributed by atoms with E-state index in [0.29, 0.717) is 29.6 Å². The van der Waals surface area contributed by atoms with Crippen LogP contribution in [0.25, 0.3) is 0 Å². The van der Waals surface area contributed by atoms with Crippen molar-refractivity contribution in [1.82, 2.24) is 0 Å². The second-order valence-electron chi connectivity index (χ2n) is 12.8. The quantitative estimate of drug-likeness (QED) is 0.387. The topological polar surface area (TPSA) is 20.3 Å². The van der Waals surface area contributed by atoms with Gasteiger partial charge in [-0.2, -0.15) is 0 Å². The Kier molecular flexibility index (Phi) is 6.19. The molecule has 1 aromatic carbocycles. The van der Waals surface area contributed by atoms with E-state index in [9.17, 15) is 4.79 Å². The molecule has 7 atom stereocenters. The Hall–Kier alpha value is -0.870. The van der Waals surface area contributed by atoms with E-state index < -0.39 is 0 Å². The third-order valence-electron chi connectivity index (χ3n) is 10.8. The molecule has 1 aliphatic heterocycles. The first-order chi connectivity index (χ1) is 16.7. The number of hydrogen-bond donors (Lipinski definition) is 0. The summed E-state index contributed by atoms with van der Waals surface area (Å²) in [7, 11) is 2.20. The van der Waals surface area contributed by atoms with Gasteiger partial charge in [0.1, 0.15) is 5.78 Å². The third kappa shape index (κ3) is 3.87. The number of nitrogens with zero attached hydrogens (tertiary/aromatic N) is 1. The standard InChI is InChI=1S/C31H43NOS2/c1-19(2)32(5)23-9-6-21(7-10-23)26-18-31(34-14-15-35-31)17-22-8-11-24-25(28(22)26)12-13-30(4)27(24)16-20(3)29(30)33/h6-7,9-10,17,19-20,24-28H,8,11-16,18H2,1-5H3. The molecular formula is C31H43NOS2. The maximum Gasteiger partial charge on any atom is 0.141 e. The number of Topliss-reactive ketones (excluding diaryl/α,β-unsaturated/α-hetero) is 1. The zero-order chi connectivity index (χ0) is 24.5. The maximum atomic E-state index is 13.2. The highest BCUT2D eigenvalue weighted by molar-refractivity contribution is 8.21. The number of benzene rings is 1. The van der Waals surface area contributed by atoms with Crippen molar-refractivity contribution in [3.8, 4) is 0 Å². The molecular weight excluding hydrogens is 466 g/mol. The van der Waals surface area contributed by atoms with Gasteiger partial charge in [0.15, 0.2) is 0 Å². The fourth-order valence-electron chi connectivity index (χ4n) is 8.82. The van der Waals surface area contributed by atoms with Gasteiger partial charge >= 0.3 is 0 Å². The highest BCUT2D eigenvalue weighted by Crippen LogP contribution is 2.66. The maximum absolute atomic E-state index is 13.2. The van der Waals surface area contributed by atoms with E-state index in [1.807, 2.05) is 0 Å². The lowest BCUT2D eigenvalue weighted by Crippen LogP contribution is -2.48. The smallest absolute Gasteiger partial charge is 0.141 e. The Morgan fingerprint density at radius 1 is 1.06 bits per heavy atom. The van der Waals surface area contributed by atoms with Crippen LogP contribution in [-0.2, 0) is 4.79 Å². The van der Waals surface area contributed by atoms with Crippen LogP contribution < -0.4 is 4.90 Å². The van der Waals surface area contributed by atoms with E-state index >= 15 is 0 Å². The molecule has 6 rings (SSSR count). The minimum atomic E-state index is -0.0482. The van der Waals surface area contributed by atoms with Gasteiger partial charge in [0, 0.05) is 41.6 Å². The number of carbonyl (C=O) groups excluding carboxylic acids is 1. The van der Waals surface area contributed by atoms with Crippen LogP contribution in [0.4, 0.5) is 5.69 Å². The third-order valence-corrected chi connectivity index (χ3v) is 14.1. The van der Waals surface area contributed by atoms with Crippen LogP contribution in [0.2, 0.25) is 0 Å². The lowest BCUT2D eigenvalue weighted by atomic mass is 9.50. The molecule has 2 nitrogen and oxygen atoms in total. The van der Waals surface area contributed by atoms with Crippen molar-refractivity contribution in [3.63, 3.8) is 0 Å². The van der Waals surface area contributed by atoms with Gasteiger partial charge in [-0.25, -0.2) is 0 Å². The first-order valence-corrected chi connectivity index (χ1v) is 16.1. The van der Waals surface area contributed by atoms with Crippen molar-refractivity contribution < 1.29 is 4.79 Å². The molecule has 1 heterocycles. The van der Waals surface area contributed by atoms with Crippen LogP contribution in [0.3, 0.4) is 0 Å². The SMILES string of the molecule is CC1CC2C3CCC4=CC5(CC(c6ccc(N(C)C(C)C)cc6)C4C3CCC2(C)C1=O)SCCS5. The van der Waals surface area contributed by atoms with Gasteiger partial charge in [-0.3, -0.25) is 4.79 Å². The number of allylic oxidation sites excluding steroid dienone is 1. The summed E-state index contributed by atoms with van der Waals surface area (Å²) in [5.41, 5.74) is 4.60. The Balaban J connectivity index is 1.36. The lowest BCUT2D eigenvalue weighted by molar-refractivity contribution is -0.133. The molecule has 1 spiro atoms. The number of thioether (sulfide) groups is 2. The Morgan fingerprint density at radius 2 is 1.77 bits per heavy atom. The summed E-state index contributed by atoms with van der Waals surface area (Å²) in [5, 5.41) is 0. The summed E-state index contributed by atoms with van der Waals surface area (Å²) in [6.07, 6.45) is 10.1. The first-order valence-electron chi connectivity index (χ1n) is 14.1. The van der Waals surface area contributed by atoms with E-state index in [1.54, 1.807) is 11.1 Å². The zero-order valence-electron chi connectivity index (χ0n) is 22.3. The highest BCUT2D eigenvalue weighted by atomic mass is 32.2. The Labute approximate surface area is 221 Å². The second-order valence-corrected chi connectivity index (χ2v) is 15.9. The monoisotopic (exact) mass is 509 g/mol. The average Bonchev–Trinajstić information content (AvgIpc) is 3.39. The fraction of sp³-hybridized carbons (Fsp3) is 0.710. The van der Waals surface area contributed by atoms with Crippen LogP contribution in [-0.4, -0.2) is 34.5 Å². The van der Waals surface area contributed by atoms with Gasteiger partial charge in [0.2, 0.25) is 0 Å². The van der Waals surface area contributed by atoms with Crippen molar-refractivity contribution in [2.75, 3.05) is 23.5 Å². The molecule has 3 saturated carbocycles. The van der Waals surface area contributed by atoms with Crippen LogP contribution in [0, 0.1) is 35.0 Å². The second kappa shape index (κ2) is 8.86. The molecule has 0 aromatic heterocycles. The molecule has 4 fully saturated rings. The summed E-state index contributed by atoms with van der Waals surface area (Å²) in [6.45, 7) is 9.05. The zero-order valence-corrected chi connectivity index (χ0v) is 23.9. The van der Waals surface area contributed by atoms with Gasteiger partial charge in [-0.05, 0) is 99.7 Å². The van der Waals surface area contributed by atoms with Crippen LogP contribution in [0.1, 0.15) is 77.7 Å². The summed E-state index contributed by atoms with van der Waals surface area (Å²) in [6, 6.07) is 10.1. The van der Waals surface area contributed by atoms with Gasteiger partial charge in [0.05, 0.1) is 4.08 Å². The molecule has 0 bridgehead atoms. The van der Waals surface area contributed by atoms with Crippen molar-refractivity contribution in [2.45, 2.75) is 82.3 Å². The summed E-state index contributed by atoms with van der Waals surface area (Å²) in [5.74, 6) is 6.79. The van der Waals surface area contributed by atoms with Crippen molar-refractivity contribution in [2.24, 2.45) is 35.0 Å². The Morgan fingerprint density at radius 3 is 2.46 bits per heavy atom. The molecule has 35 heavy (non-hydrogen) atoms. The molecule has 0 radical (unpaired) electrons. The van der Waals surface area contributed by atoms with Crippen LogP contribution in [0.15, 0.2) is 35.9 Å². The van der Waals surface area contributed by atoms with Crippen LogP contribution >= 0.6 is 23.5 Å². The van der Waals surface area contributed by atoms with E-state index in [-0.39, 0.29) is 15.4 Å². The number of fused-ring (bicyclic) bond motifs is 5. The van der Waals surface area contributed by atoms with Gasteiger partial charge in [-0.1, -0.05) is 37.6 Å². The largest absolute Gasteiger partial charge is 0.372 e. The van der Waals surface area contributed by atoms with E-state index in [2.05, 4.69) is 93.5 Å². The first kappa shape index (κ1) is 24.5. The van der Waals surface area contributed by atoms with E-state index in [4.69, 9.17) is 0 Å². The summed E-state index contributed by atoms with van der Waals surface area (Å²) < 4.78 is 0.289. The van der Waals surface area contributed by atoms with Crippen molar-refractivity contribution >= 4 is 35.0 Å². The number of carbonyl (C=O) groups is 1. The van der Waals surface area contributed by atoms with Crippen molar-refractivity contribution in [1.29, 1.82) is 0 Å². The molecule has 190 valence electrons. The number of anilines is 1. The van der Waals surface area contributed by atoms with E-state index in [0.717, 1.165) is 24.7 Å². The van der Waals surface area contributed by atoms with E-state index in [1.165, 1.54) is 42.9 Å². The lowest BCUT2D eigenvalue weighted by Gasteiger charge is -2.55. The van der Waals surface area contributed by atoms with Crippen LogP contribution in [0.5, 0.6) is 0 Å². The molecule has 5 aliphatic rings. The van der Waals surface area contributed by atoms with Gasteiger partial charge in [-0.15, -0.1) is 23.5 Å². The molecule has 0 N–H and O–H groups in total. The van der Waals surface area contributed by atoms with Crippen molar-refractivity contribution in [3.05, 3.63) is 41.5 Å². The number of rotatable bonds is 3.